The first kappa shape index (κ1) is 14.3. The molecule has 1 aliphatic rings. The lowest BCUT2D eigenvalue weighted by molar-refractivity contribution is 0.0649. The number of anilines is 1. The van der Waals surface area contributed by atoms with Gasteiger partial charge in [-0.05, 0) is 25.6 Å². The highest BCUT2D eigenvalue weighted by atomic mass is 32.1. The van der Waals surface area contributed by atoms with Crippen molar-refractivity contribution in [1.82, 2.24) is 14.8 Å². The van der Waals surface area contributed by atoms with E-state index in [1.54, 1.807) is 0 Å². The van der Waals surface area contributed by atoms with E-state index in [1.165, 1.54) is 11.3 Å². The molecule has 0 bridgehead atoms. The van der Waals surface area contributed by atoms with E-state index in [-0.39, 0.29) is 5.91 Å². The minimum atomic E-state index is 0.0453. The second-order valence-corrected chi connectivity index (χ2v) is 6.38. The molecule has 1 fully saturated rings. The molecule has 0 radical (unpaired) electrons. The van der Waals surface area contributed by atoms with Gasteiger partial charge in [-0.3, -0.25) is 4.79 Å². The largest absolute Gasteiger partial charge is 0.397 e. The predicted octanol–water partition coefficient (Wildman–Crippen LogP) is 1.96. The fraction of sp³-hybridized carbons (Fsp3) is 0.467. The number of aromatic nitrogens is 1. The van der Waals surface area contributed by atoms with Crippen molar-refractivity contribution < 1.29 is 4.79 Å². The zero-order chi connectivity index (χ0) is 15.0. The molecule has 1 aliphatic heterocycles. The standard InChI is InChI=1S/C15H20N4OS/c1-3-18-6-8-19(9-7-18)15(20)13-12(16)11-5-4-10(2)17-14(11)21-13/h4-5H,3,6-9,16H2,1-2H3. The Kier molecular flexibility index (Phi) is 3.82. The van der Waals surface area contributed by atoms with E-state index in [4.69, 9.17) is 5.73 Å². The van der Waals surface area contributed by atoms with Crippen molar-refractivity contribution in [3.8, 4) is 0 Å². The Balaban J connectivity index is 1.86. The van der Waals surface area contributed by atoms with Gasteiger partial charge in [0.15, 0.2) is 0 Å². The Morgan fingerprint density at radius 1 is 1.33 bits per heavy atom. The van der Waals surface area contributed by atoms with Crippen LogP contribution >= 0.6 is 11.3 Å². The normalized spacial score (nSPS) is 16.6. The molecule has 2 aromatic rings. The van der Waals surface area contributed by atoms with Crippen LogP contribution in [0.2, 0.25) is 0 Å². The summed E-state index contributed by atoms with van der Waals surface area (Å²) >= 11 is 1.41. The van der Waals surface area contributed by atoms with Crippen molar-refractivity contribution in [2.75, 3.05) is 38.5 Å². The van der Waals surface area contributed by atoms with Crippen molar-refractivity contribution in [2.24, 2.45) is 0 Å². The van der Waals surface area contributed by atoms with Gasteiger partial charge in [-0.1, -0.05) is 6.92 Å². The van der Waals surface area contributed by atoms with E-state index >= 15 is 0 Å². The highest BCUT2D eigenvalue weighted by Crippen LogP contribution is 2.33. The van der Waals surface area contributed by atoms with Crippen LogP contribution in [0.25, 0.3) is 10.2 Å². The number of hydrogen-bond acceptors (Lipinski definition) is 5. The quantitative estimate of drug-likeness (QED) is 0.921. The van der Waals surface area contributed by atoms with Gasteiger partial charge in [0.05, 0.1) is 5.69 Å². The summed E-state index contributed by atoms with van der Waals surface area (Å²) in [5, 5.41) is 0.890. The van der Waals surface area contributed by atoms with E-state index in [2.05, 4.69) is 16.8 Å². The number of carbonyl (C=O) groups excluding carboxylic acids is 1. The van der Waals surface area contributed by atoms with Crippen LogP contribution in [-0.4, -0.2) is 53.4 Å². The summed E-state index contributed by atoms with van der Waals surface area (Å²) < 4.78 is 0. The molecule has 112 valence electrons. The first-order valence-corrected chi connectivity index (χ1v) is 8.09. The molecule has 1 saturated heterocycles. The topological polar surface area (TPSA) is 62.5 Å². The zero-order valence-electron chi connectivity index (χ0n) is 12.4. The monoisotopic (exact) mass is 304 g/mol. The molecule has 2 N–H and O–H groups in total. The van der Waals surface area contributed by atoms with Crippen LogP contribution in [0.3, 0.4) is 0 Å². The molecule has 0 unspecified atom stereocenters. The Morgan fingerprint density at radius 3 is 2.71 bits per heavy atom. The summed E-state index contributed by atoms with van der Waals surface area (Å²) in [6.07, 6.45) is 0. The van der Waals surface area contributed by atoms with Gasteiger partial charge in [-0.15, -0.1) is 11.3 Å². The van der Waals surface area contributed by atoms with Gasteiger partial charge in [-0.2, -0.15) is 0 Å². The van der Waals surface area contributed by atoms with E-state index in [0.29, 0.717) is 10.6 Å². The molecule has 1 amide bonds. The summed E-state index contributed by atoms with van der Waals surface area (Å²) in [4.78, 5) is 22.9. The summed E-state index contributed by atoms with van der Waals surface area (Å²) in [5.41, 5.74) is 7.68. The maximum absolute atomic E-state index is 12.7. The smallest absolute Gasteiger partial charge is 0.266 e. The number of amides is 1. The lowest BCUT2D eigenvalue weighted by Gasteiger charge is -2.33. The van der Waals surface area contributed by atoms with Gasteiger partial charge in [0.2, 0.25) is 0 Å². The van der Waals surface area contributed by atoms with Crippen molar-refractivity contribution in [3.63, 3.8) is 0 Å². The molecule has 0 saturated carbocycles. The fourth-order valence-electron chi connectivity index (χ4n) is 2.66. The molecule has 0 atom stereocenters. The predicted molar refractivity (Wildman–Crippen MR) is 86.8 cm³/mol. The van der Waals surface area contributed by atoms with Gasteiger partial charge in [-0.25, -0.2) is 4.98 Å². The first-order chi connectivity index (χ1) is 10.1. The fourth-order valence-corrected chi connectivity index (χ4v) is 3.77. The molecular formula is C15H20N4OS. The molecule has 2 aromatic heterocycles. The average Bonchev–Trinajstić information content (AvgIpc) is 2.83. The van der Waals surface area contributed by atoms with Crippen LogP contribution < -0.4 is 5.73 Å². The highest BCUT2D eigenvalue weighted by Gasteiger charge is 2.25. The minimum Gasteiger partial charge on any atom is -0.397 e. The number of pyridine rings is 1. The Bertz CT molecular complexity index is 674. The number of likely N-dealkylation sites (N-methyl/N-ethyl adjacent to an activating group) is 1. The van der Waals surface area contributed by atoms with Crippen LogP contribution in [0.5, 0.6) is 0 Å². The van der Waals surface area contributed by atoms with E-state index in [0.717, 1.165) is 48.6 Å². The van der Waals surface area contributed by atoms with Crippen molar-refractivity contribution in [2.45, 2.75) is 13.8 Å². The van der Waals surface area contributed by atoms with Crippen LogP contribution in [0.15, 0.2) is 12.1 Å². The number of nitrogens with zero attached hydrogens (tertiary/aromatic N) is 3. The van der Waals surface area contributed by atoms with Crippen molar-refractivity contribution in [3.05, 3.63) is 22.7 Å². The third kappa shape index (κ3) is 2.61. The maximum Gasteiger partial charge on any atom is 0.266 e. The number of fused-ring (bicyclic) bond motifs is 1. The summed E-state index contributed by atoms with van der Waals surface area (Å²) in [6.45, 7) is 8.54. The maximum atomic E-state index is 12.7. The zero-order valence-corrected chi connectivity index (χ0v) is 13.2. The molecule has 0 aliphatic carbocycles. The van der Waals surface area contributed by atoms with Gasteiger partial charge in [0.1, 0.15) is 9.71 Å². The van der Waals surface area contributed by atoms with E-state index < -0.39 is 0 Å². The molecule has 6 heteroatoms. The Labute approximate surface area is 128 Å². The number of rotatable bonds is 2. The number of nitrogen functional groups attached to an aromatic ring is 1. The second-order valence-electron chi connectivity index (χ2n) is 5.38. The molecule has 21 heavy (non-hydrogen) atoms. The van der Waals surface area contributed by atoms with E-state index in [9.17, 15) is 4.79 Å². The van der Waals surface area contributed by atoms with Crippen LogP contribution in [0.1, 0.15) is 22.3 Å². The van der Waals surface area contributed by atoms with Crippen LogP contribution in [-0.2, 0) is 0 Å². The van der Waals surface area contributed by atoms with Crippen molar-refractivity contribution in [1.29, 1.82) is 0 Å². The highest BCUT2D eigenvalue weighted by molar-refractivity contribution is 7.21. The molecule has 0 spiro atoms. The lowest BCUT2D eigenvalue weighted by atomic mass is 10.2. The van der Waals surface area contributed by atoms with Gasteiger partial charge < -0.3 is 15.5 Å². The van der Waals surface area contributed by atoms with Gasteiger partial charge >= 0.3 is 0 Å². The summed E-state index contributed by atoms with van der Waals surface area (Å²) in [6, 6.07) is 3.88. The van der Waals surface area contributed by atoms with Crippen molar-refractivity contribution >= 4 is 33.1 Å². The number of thiophene rings is 1. The minimum absolute atomic E-state index is 0.0453. The molecule has 0 aromatic carbocycles. The Hall–Kier alpha value is -1.66. The average molecular weight is 304 g/mol. The third-order valence-electron chi connectivity index (χ3n) is 4.03. The SMILES string of the molecule is CCN1CCN(C(=O)c2sc3nc(C)ccc3c2N)CC1. The first-order valence-electron chi connectivity index (χ1n) is 7.27. The number of piperazine rings is 1. The summed E-state index contributed by atoms with van der Waals surface area (Å²) in [5.74, 6) is 0.0453. The van der Waals surface area contributed by atoms with Crippen LogP contribution in [0.4, 0.5) is 5.69 Å². The van der Waals surface area contributed by atoms with E-state index in [1.807, 2.05) is 24.0 Å². The number of nitrogens with two attached hydrogens (primary N) is 1. The number of aryl methyl sites for hydroxylation is 1. The molecule has 5 nitrogen and oxygen atoms in total. The number of hydrogen-bond donors (Lipinski definition) is 1. The second kappa shape index (κ2) is 5.61. The lowest BCUT2D eigenvalue weighted by Crippen LogP contribution is -2.48. The van der Waals surface area contributed by atoms with Gasteiger partial charge in [0.25, 0.3) is 5.91 Å². The third-order valence-corrected chi connectivity index (χ3v) is 5.14. The molecule has 3 rings (SSSR count). The van der Waals surface area contributed by atoms with Gasteiger partial charge in [0, 0.05) is 37.3 Å². The molecular weight excluding hydrogens is 284 g/mol. The Morgan fingerprint density at radius 2 is 2.05 bits per heavy atom. The van der Waals surface area contributed by atoms with Crippen LogP contribution in [0, 0.1) is 6.92 Å². The summed E-state index contributed by atoms with van der Waals surface area (Å²) in [7, 11) is 0. The number of carbonyl (C=O) groups is 1. The molecule has 3 heterocycles.